The van der Waals surface area contributed by atoms with Crippen LogP contribution in [0.2, 0.25) is 0 Å². The molecule has 3 rings (SSSR count). The third kappa shape index (κ3) is 1.36. The fourth-order valence-corrected chi connectivity index (χ4v) is 2.12. The molecule has 1 aliphatic carbocycles. The van der Waals surface area contributed by atoms with E-state index >= 15 is 0 Å². The number of nitrogens with one attached hydrogen (secondary N) is 1. The number of hydrogen-bond acceptors (Lipinski definition) is 3. The summed E-state index contributed by atoms with van der Waals surface area (Å²) < 4.78 is 0. The Morgan fingerprint density at radius 3 is 3.06 bits per heavy atom. The van der Waals surface area contributed by atoms with Gasteiger partial charge in [-0.2, -0.15) is 0 Å². The molecule has 1 aliphatic rings. The Hall–Kier alpha value is -2.43. The highest BCUT2D eigenvalue weighted by Gasteiger charge is 2.22. The van der Waals surface area contributed by atoms with E-state index in [1.807, 2.05) is 12.1 Å². The van der Waals surface area contributed by atoms with Crippen LogP contribution in [0.5, 0.6) is 0 Å². The second-order valence-electron chi connectivity index (χ2n) is 3.96. The van der Waals surface area contributed by atoms with Crippen LogP contribution in [0.1, 0.15) is 21.6 Å². The van der Waals surface area contributed by atoms with E-state index in [0.29, 0.717) is 6.42 Å². The summed E-state index contributed by atoms with van der Waals surface area (Å²) in [5, 5.41) is 0. The molecule has 0 saturated carbocycles. The number of nitrogens with two attached hydrogens (primary N) is 1. The number of carbonyl (C=O) groups is 1. The molecule has 84 valence electrons. The Kier molecular flexibility index (Phi) is 1.89. The van der Waals surface area contributed by atoms with Crippen molar-refractivity contribution in [2.45, 2.75) is 6.42 Å². The molecule has 5 heteroatoms. The number of fused-ring (bicyclic) bond motifs is 3. The van der Waals surface area contributed by atoms with Gasteiger partial charge in [0.1, 0.15) is 5.56 Å². The summed E-state index contributed by atoms with van der Waals surface area (Å²) in [4.78, 5) is 29.7. The van der Waals surface area contributed by atoms with Gasteiger partial charge in [-0.25, -0.2) is 0 Å². The maximum atomic E-state index is 11.6. The highest BCUT2D eigenvalue weighted by atomic mass is 16.2. The van der Waals surface area contributed by atoms with E-state index in [1.165, 1.54) is 6.07 Å². The standard InChI is InChI=1S/C12H9N3O2/c13-11(16)8-5-7-9(15-12(8)17)4-6-2-1-3-14-10(6)7/h1-3,5H,4H2,(H2,13,16)(H,15,17). The van der Waals surface area contributed by atoms with E-state index in [9.17, 15) is 9.59 Å². The first-order chi connectivity index (χ1) is 8.16. The molecule has 2 aromatic heterocycles. The Balaban J connectivity index is 2.30. The van der Waals surface area contributed by atoms with Gasteiger partial charge in [0.05, 0.1) is 5.69 Å². The molecule has 17 heavy (non-hydrogen) atoms. The van der Waals surface area contributed by atoms with Crippen molar-refractivity contribution in [3.63, 3.8) is 0 Å². The average molecular weight is 227 g/mol. The number of aromatic amines is 1. The van der Waals surface area contributed by atoms with Crippen molar-refractivity contribution in [2.24, 2.45) is 5.73 Å². The minimum absolute atomic E-state index is 0.0257. The van der Waals surface area contributed by atoms with E-state index in [0.717, 1.165) is 22.5 Å². The zero-order valence-corrected chi connectivity index (χ0v) is 8.86. The smallest absolute Gasteiger partial charge is 0.261 e. The van der Waals surface area contributed by atoms with Crippen molar-refractivity contribution in [3.8, 4) is 11.3 Å². The van der Waals surface area contributed by atoms with Gasteiger partial charge in [0.25, 0.3) is 11.5 Å². The zero-order chi connectivity index (χ0) is 12.0. The Labute approximate surface area is 96.3 Å². The summed E-state index contributed by atoms with van der Waals surface area (Å²) in [6, 6.07) is 5.32. The summed E-state index contributed by atoms with van der Waals surface area (Å²) in [5.74, 6) is -0.724. The first kappa shape index (κ1) is 9.77. The molecule has 1 amide bonds. The van der Waals surface area contributed by atoms with Gasteiger partial charge < -0.3 is 10.7 Å². The number of carbonyl (C=O) groups excluding carboxylic acids is 1. The van der Waals surface area contributed by atoms with Crippen LogP contribution in [0.15, 0.2) is 29.2 Å². The van der Waals surface area contributed by atoms with Crippen molar-refractivity contribution in [1.82, 2.24) is 9.97 Å². The molecule has 0 bridgehead atoms. The largest absolute Gasteiger partial charge is 0.365 e. The molecule has 0 spiro atoms. The second kappa shape index (κ2) is 3.28. The summed E-state index contributed by atoms with van der Waals surface area (Å²) in [6.45, 7) is 0. The summed E-state index contributed by atoms with van der Waals surface area (Å²) >= 11 is 0. The number of hydrogen-bond donors (Lipinski definition) is 2. The van der Waals surface area contributed by atoms with Crippen LogP contribution in [0, 0.1) is 0 Å². The van der Waals surface area contributed by atoms with Gasteiger partial charge in [0.15, 0.2) is 0 Å². The maximum absolute atomic E-state index is 11.6. The molecule has 2 heterocycles. The number of nitrogens with zero attached hydrogens (tertiary/aromatic N) is 1. The third-order valence-electron chi connectivity index (χ3n) is 2.90. The SMILES string of the molecule is NC(=O)c1cc2c([nH]c1=O)Cc1cccnc1-2. The minimum Gasteiger partial charge on any atom is -0.365 e. The van der Waals surface area contributed by atoms with Gasteiger partial charge in [-0.1, -0.05) is 6.07 Å². The second-order valence-corrected chi connectivity index (χ2v) is 3.96. The van der Waals surface area contributed by atoms with Crippen LogP contribution < -0.4 is 11.3 Å². The normalized spacial score (nSPS) is 12.0. The topological polar surface area (TPSA) is 88.8 Å². The lowest BCUT2D eigenvalue weighted by molar-refractivity contribution is 0.0999. The Morgan fingerprint density at radius 1 is 1.47 bits per heavy atom. The van der Waals surface area contributed by atoms with Gasteiger partial charge in [0, 0.05) is 23.9 Å². The first-order valence-electron chi connectivity index (χ1n) is 5.17. The predicted molar refractivity (Wildman–Crippen MR) is 61.6 cm³/mol. The van der Waals surface area contributed by atoms with Crippen molar-refractivity contribution in [3.05, 3.63) is 51.6 Å². The molecule has 0 unspecified atom stereocenters. The fraction of sp³-hybridized carbons (Fsp3) is 0.0833. The monoisotopic (exact) mass is 227 g/mol. The lowest BCUT2D eigenvalue weighted by Crippen LogP contribution is -2.24. The molecule has 0 radical (unpaired) electrons. The van der Waals surface area contributed by atoms with Gasteiger partial charge in [0.2, 0.25) is 0 Å². The van der Waals surface area contributed by atoms with Crippen LogP contribution in [-0.4, -0.2) is 15.9 Å². The number of aromatic nitrogens is 2. The van der Waals surface area contributed by atoms with Gasteiger partial charge in [-0.15, -0.1) is 0 Å². The number of H-pyrrole nitrogens is 1. The fourth-order valence-electron chi connectivity index (χ4n) is 2.12. The molecule has 0 aromatic carbocycles. The van der Waals surface area contributed by atoms with Crippen molar-refractivity contribution < 1.29 is 4.79 Å². The third-order valence-corrected chi connectivity index (χ3v) is 2.90. The van der Waals surface area contributed by atoms with E-state index in [4.69, 9.17) is 5.73 Å². The molecular weight excluding hydrogens is 218 g/mol. The number of pyridine rings is 2. The summed E-state index contributed by atoms with van der Waals surface area (Å²) in [7, 11) is 0. The molecule has 3 N–H and O–H groups in total. The maximum Gasteiger partial charge on any atom is 0.261 e. The van der Waals surface area contributed by atoms with Crippen LogP contribution >= 0.6 is 0 Å². The van der Waals surface area contributed by atoms with E-state index < -0.39 is 11.5 Å². The lowest BCUT2D eigenvalue weighted by atomic mass is 10.1. The minimum atomic E-state index is -0.724. The zero-order valence-electron chi connectivity index (χ0n) is 8.86. The summed E-state index contributed by atoms with van der Waals surface area (Å²) in [6.07, 6.45) is 2.32. The van der Waals surface area contributed by atoms with Crippen LogP contribution in [0.3, 0.4) is 0 Å². The molecule has 0 fully saturated rings. The van der Waals surface area contributed by atoms with Crippen molar-refractivity contribution in [1.29, 1.82) is 0 Å². The first-order valence-corrected chi connectivity index (χ1v) is 5.17. The number of rotatable bonds is 1. The highest BCUT2D eigenvalue weighted by Crippen LogP contribution is 2.32. The molecule has 2 aromatic rings. The summed E-state index contributed by atoms with van der Waals surface area (Å²) in [5.41, 5.74) is 8.10. The van der Waals surface area contributed by atoms with E-state index in [-0.39, 0.29) is 5.56 Å². The van der Waals surface area contributed by atoms with Gasteiger partial charge >= 0.3 is 0 Å². The van der Waals surface area contributed by atoms with Gasteiger partial charge in [-0.05, 0) is 17.7 Å². The highest BCUT2D eigenvalue weighted by molar-refractivity contribution is 5.94. The van der Waals surface area contributed by atoms with Crippen molar-refractivity contribution >= 4 is 5.91 Å². The quantitative estimate of drug-likeness (QED) is 0.632. The Morgan fingerprint density at radius 2 is 2.29 bits per heavy atom. The van der Waals surface area contributed by atoms with Gasteiger partial charge in [-0.3, -0.25) is 14.6 Å². The van der Waals surface area contributed by atoms with Crippen molar-refractivity contribution in [2.75, 3.05) is 0 Å². The molecular formula is C12H9N3O2. The molecule has 0 saturated heterocycles. The van der Waals surface area contributed by atoms with Crippen LogP contribution in [0.4, 0.5) is 0 Å². The van der Waals surface area contributed by atoms with Crippen LogP contribution in [-0.2, 0) is 6.42 Å². The number of amides is 1. The average Bonchev–Trinajstić information content (AvgIpc) is 2.64. The predicted octanol–water partition coefficient (Wildman–Crippen LogP) is 0.440. The Bertz CT molecular complexity index is 688. The lowest BCUT2D eigenvalue weighted by Gasteiger charge is -2.01. The van der Waals surface area contributed by atoms with E-state index in [2.05, 4.69) is 9.97 Å². The molecule has 0 atom stereocenters. The van der Waals surface area contributed by atoms with E-state index in [1.54, 1.807) is 6.20 Å². The number of primary amides is 1. The molecule has 0 aliphatic heterocycles. The van der Waals surface area contributed by atoms with Crippen LogP contribution in [0.25, 0.3) is 11.3 Å². The molecule has 5 nitrogen and oxygen atoms in total.